The number of aromatic nitrogens is 1. The first kappa shape index (κ1) is 38.9. The number of carbonyl (C=O) groups is 6. The van der Waals surface area contributed by atoms with Crippen molar-refractivity contribution in [1.29, 1.82) is 0 Å². The fraction of sp³-hybridized carbons (Fsp3) is 0.444. The second-order valence-electron chi connectivity index (χ2n) is 13.4. The maximum absolute atomic E-state index is 14.2. The van der Waals surface area contributed by atoms with Crippen LogP contribution in [-0.4, -0.2) is 92.8 Å². The Hall–Kier alpha value is -4.89. The average molecular weight is 723 g/mol. The summed E-state index contributed by atoms with van der Waals surface area (Å²) in [7, 11) is 0. The highest BCUT2D eigenvalue weighted by molar-refractivity contribution is 7.99. The Morgan fingerprint density at radius 3 is 2.25 bits per heavy atom. The number of thioether (sulfide) groups is 1. The van der Waals surface area contributed by atoms with E-state index >= 15 is 0 Å². The van der Waals surface area contributed by atoms with Crippen LogP contribution in [0, 0.1) is 19.8 Å². The summed E-state index contributed by atoms with van der Waals surface area (Å²) in [4.78, 5) is 83.4. The number of hydrogen-bond acceptors (Lipinski definition) is 8. The lowest BCUT2D eigenvalue weighted by Gasteiger charge is -2.27. The first-order chi connectivity index (χ1) is 24.0. The number of fused-ring (bicyclic) bond motifs is 3. The highest BCUT2D eigenvalue weighted by Crippen LogP contribution is 2.31. The number of para-hydroxylation sites is 1. The van der Waals surface area contributed by atoms with E-state index in [2.05, 4.69) is 31.6 Å². The minimum Gasteiger partial charge on any atom is -0.480 e. The molecule has 51 heavy (non-hydrogen) atoms. The fourth-order valence-electron chi connectivity index (χ4n) is 5.68. The third kappa shape index (κ3) is 9.88. The summed E-state index contributed by atoms with van der Waals surface area (Å²) in [5, 5.41) is 34.6. The van der Waals surface area contributed by atoms with Gasteiger partial charge in [-0.2, -0.15) is 0 Å². The topological polar surface area (TPSA) is 219 Å². The van der Waals surface area contributed by atoms with E-state index < -0.39 is 71.8 Å². The number of amides is 5. The van der Waals surface area contributed by atoms with E-state index in [0.717, 1.165) is 28.3 Å². The van der Waals surface area contributed by atoms with Crippen molar-refractivity contribution in [3.8, 4) is 0 Å². The van der Waals surface area contributed by atoms with E-state index in [1.165, 1.54) is 13.8 Å². The highest BCUT2D eigenvalue weighted by atomic mass is 32.2. The zero-order chi connectivity index (χ0) is 37.6. The molecule has 0 saturated carbocycles. The van der Waals surface area contributed by atoms with Gasteiger partial charge in [-0.15, -0.1) is 11.8 Å². The monoisotopic (exact) mass is 722 g/mol. The number of rotatable bonds is 6. The molecule has 0 saturated heterocycles. The molecule has 1 aliphatic heterocycles. The summed E-state index contributed by atoms with van der Waals surface area (Å²) in [6.45, 7) is 10.2. The molecule has 3 aromatic rings. The van der Waals surface area contributed by atoms with Crippen LogP contribution in [0.1, 0.15) is 61.2 Å². The van der Waals surface area contributed by atoms with Gasteiger partial charge in [0.15, 0.2) is 0 Å². The molecule has 0 radical (unpaired) electrons. The van der Waals surface area contributed by atoms with Crippen molar-refractivity contribution in [1.82, 2.24) is 31.6 Å². The minimum atomic E-state index is -1.53. The second kappa shape index (κ2) is 16.9. The molecule has 0 bridgehead atoms. The van der Waals surface area contributed by atoms with Crippen molar-refractivity contribution in [2.75, 3.05) is 5.75 Å². The van der Waals surface area contributed by atoms with Gasteiger partial charge < -0.3 is 41.8 Å². The number of H-pyrrole nitrogens is 1. The van der Waals surface area contributed by atoms with Gasteiger partial charge in [-0.3, -0.25) is 24.0 Å². The molecule has 1 aliphatic rings. The molecular formula is C36H46N6O8S. The zero-order valence-electron chi connectivity index (χ0n) is 29.5. The van der Waals surface area contributed by atoms with Crippen LogP contribution in [0.15, 0.2) is 47.5 Å². The Morgan fingerprint density at radius 1 is 0.902 bits per heavy atom. The van der Waals surface area contributed by atoms with Gasteiger partial charge in [0.2, 0.25) is 23.6 Å². The molecule has 14 nitrogen and oxygen atoms in total. The normalized spacial score (nSPS) is 23.2. The van der Waals surface area contributed by atoms with Gasteiger partial charge in [0, 0.05) is 28.6 Å². The van der Waals surface area contributed by atoms with E-state index in [9.17, 15) is 39.0 Å². The lowest BCUT2D eigenvalue weighted by Crippen LogP contribution is -2.60. The van der Waals surface area contributed by atoms with Crippen LogP contribution in [0.25, 0.3) is 10.9 Å². The summed E-state index contributed by atoms with van der Waals surface area (Å²) in [6, 6.07) is 5.98. The minimum absolute atomic E-state index is 0.0439. The van der Waals surface area contributed by atoms with E-state index in [0.29, 0.717) is 21.7 Å². The van der Waals surface area contributed by atoms with E-state index in [1.54, 1.807) is 12.1 Å². The number of nitrogens with one attached hydrogen (secondary N) is 6. The van der Waals surface area contributed by atoms with Crippen molar-refractivity contribution in [3.05, 3.63) is 64.7 Å². The molecule has 2 aromatic carbocycles. The first-order valence-electron chi connectivity index (χ1n) is 16.8. The molecule has 0 spiro atoms. The number of aryl methyl sites for hydroxylation is 2. The van der Waals surface area contributed by atoms with Crippen LogP contribution in [0.3, 0.4) is 0 Å². The Kier molecular flexibility index (Phi) is 12.9. The van der Waals surface area contributed by atoms with Gasteiger partial charge in [-0.05, 0) is 74.9 Å². The summed E-state index contributed by atoms with van der Waals surface area (Å²) in [5.41, 5.74) is 3.52. The molecule has 6 atom stereocenters. The quantitative estimate of drug-likeness (QED) is 0.185. The van der Waals surface area contributed by atoms with E-state index in [1.807, 2.05) is 58.0 Å². The van der Waals surface area contributed by atoms with Gasteiger partial charge in [0.05, 0.1) is 11.1 Å². The second-order valence-corrected chi connectivity index (χ2v) is 14.4. The van der Waals surface area contributed by atoms with Crippen LogP contribution >= 0.6 is 11.8 Å². The number of aliphatic hydroxyl groups is 1. The maximum Gasteiger partial charge on any atom is 0.327 e. The number of carboxylic acids is 1. The summed E-state index contributed by atoms with van der Waals surface area (Å²) in [6.07, 6.45) is -1.25. The number of hydrogen-bond donors (Lipinski definition) is 8. The molecule has 1 aromatic heterocycles. The number of carbonyl (C=O) groups excluding carboxylic acids is 5. The molecule has 2 heterocycles. The average Bonchev–Trinajstić information content (AvgIpc) is 3.41. The van der Waals surface area contributed by atoms with Crippen molar-refractivity contribution >= 4 is 58.2 Å². The molecule has 274 valence electrons. The fourth-order valence-corrected chi connectivity index (χ4v) is 6.79. The molecule has 8 N–H and O–H groups in total. The Bertz CT molecular complexity index is 1810. The first-order valence-corrected chi connectivity index (χ1v) is 17.8. The van der Waals surface area contributed by atoms with Crippen molar-refractivity contribution in [2.45, 2.75) is 95.7 Å². The molecule has 5 amide bonds. The number of aliphatic carboxylic acids is 1. The molecule has 0 unspecified atom stereocenters. The maximum atomic E-state index is 14.2. The Labute approximate surface area is 300 Å². The van der Waals surface area contributed by atoms with Gasteiger partial charge in [0.25, 0.3) is 5.91 Å². The van der Waals surface area contributed by atoms with Crippen LogP contribution in [-0.2, 0) is 30.4 Å². The lowest BCUT2D eigenvalue weighted by atomic mass is 10.00. The molecule has 0 aliphatic carbocycles. The van der Waals surface area contributed by atoms with Crippen LogP contribution in [0.2, 0.25) is 0 Å². The summed E-state index contributed by atoms with van der Waals surface area (Å²) in [5.74, 6) is -5.15. The predicted octanol–water partition coefficient (Wildman–Crippen LogP) is 1.70. The van der Waals surface area contributed by atoms with Crippen LogP contribution < -0.4 is 26.6 Å². The largest absolute Gasteiger partial charge is 0.480 e. The standard InChI is InChI=1S/C36H46N6O8S/c1-17(2)13-26-32(46)37-20(5)30(44)42-29(21(6)43)34(48)40-28(36(49)50)16-51-35-24(23-9-7-8-10-25(23)41-35)15-27(33(47)39-26)38-31(45)22-12-11-18(3)19(4)14-22/h7-12,14,17,20-21,26-29,41,43H,13,15-16H2,1-6H3,(H,37,46)(H,38,45)(H,39,47)(H,40,48)(H,42,44)(H,49,50)/t20-,21-,26+,27+,28+,29+/m1/s1. The lowest BCUT2D eigenvalue weighted by molar-refractivity contribution is -0.142. The van der Waals surface area contributed by atoms with Gasteiger partial charge in [-0.1, -0.05) is 38.1 Å². The highest BCUT2D eigenvalue weighted by Gasteiger charge is 2.34. The Morgan fingerprint density at radius 2 is 1.61 bits per heavy atom. The molecule has 4 rings (SSSR count). The summed E-state index contributed by atoms with van der Waals surface area (Å²) >= 11 is 1.09. The van der Waals surface area contributed by atoms with Crippen molar-refractivity contribution in [3.63, 3.8) is 0 Å². The number of aliphatic hydroxyl groups excluding tert-OH is 1. The van der Waals surface area contributed by atoms with Gasteiger partial charge in [0.1, 0.15) is 30.2 Å². The Balaban J connectivity index is 1.81. The molecule has 0 fully saturated rings. The zero-order valence-corrected chi connectivity index (χ0v) is 30.3. The van der Waals surface area contributed by atoms with Crippen molar-refractivity contribution in [2.24, 2.45) is 5.92 Å². The number of aromatic amines is 1. The van der Waals surface area contributed by atoms with Gasteiger partial charge in [-0.25, -0.2) is 4.79 Å². The van der Waals surface area contributed by atoms with Crippen LogP contribution in [0.4, 0.5) is 0 Å². The number of benzene rings is 2. The van der Waals surface area contributed by atoms with Crippen molar-refractivity contribution < 1.29 is 39.0 Å². The van der Waals surface area contributed by atoms with Crippen LogP contribution in [0.5, 0.6) is 0 Å². The third-order valence-corrected chi connectivity index (χ3v) is 9.87. The van der Waals surface area contributed by atoms with E-state index in [4.69, 9.17) is 0 Å². The SMILES string of the molecule is Cc1ccc(C(=O)N[C@H]2Cc3c([nH]c4ccccc34)SC[C@@H](C(=O)O)NC(=O)[C@H]([C@@H](C)O)NC(=O)[C@@H](C)NC(=O)[C@H](CC(C)C)NC2=O)cc1C. The summed E-state index contributed by atoms with van der Waals surface area (Å²) < 4.78 is 0. The number of carboxylic acid groups (broad SMARTS) is 1. The third-order valence-electron chi connectivity index (χ3n) is 8.74. The predicted molar refractivity (Wildman–Crippen MR) is 192 cm³/mol. The molecule has 15 heteroatoms. The molecular weight excluding hydrogens is 676 g/mol. The smallest absolute Gasteiger partial charge is 0.327 e. The van der Waals surface area contributed by atoms with E-state index in [-0.39, 0.29) is 24.5 Å². The van der Waals surface area contributed by atoms with Gasteiger partial charge >= 0.3 is 5.97 Å².